The molecular weight excluding hydrogens is 184 g/mol. The highest BCUT2D eigenvalue weighted by Gasteiger charge is 2.01. The lowest BCUT2D eigenvalue weighted by Crippen LogP contribution is -1.87. The van der Waals surface area contributed by atoms with Gasteiger partial charge in [0.1, 0.15) is 5.75 Å². The summed E-state index contributed by atoms with van der Waals surface area (Å²) in [5.74, 6) is 0.851. The molecule has 0 heterocycles. The van der Waals surface area contributed by atoms with Crippen LogP contribution in [0.15, 0.2) is 55.1 Å². The van der Waals surface area contributed by atoms with Crippen LogP contribution in [0.25, 0.3) is 5.57 Å². The molecule has 0 aliphatic heterocycles. The quantitative estimate of drug-likeness (QED) is 0.671. The van der Waals surface area contributed by atoms with E-state index in [0.717, 1.165) is 22.5 Å². The lowest BCUT2D eigenvalue weighted by Gasteiger charge is -2.07. The fraction of sp³-hybridized carbons (Fsp3) is 0.143. The highest BCUT2D eigenvalue weighted by Crippen LogP contribution is 2.23. The Labute approximate surface area is 91.4 Å². The van der Waals surface area contributed by atoms with Crippen LogP contribution in [-0.2, 0) is 0 Å². The Morgan fingerprint density at radius 1 is 1.27 bits per heavy atom. The first-order chi connectivity index (χ1) is 7.22. The predicted molar refractivity (Wildman–Crippen MR) is 66.0 cm³/mol. The Morgan fingerprint density at radius 2 is 2.00 bits per heavy atom. The van der Waals surface area contributed by atoms with Gasteiger partial charge in [0.05, 0.1) is 7.11 Å². The van der Waals surface area contributed by atoms with Crippen molar-refractivity contribution in [2.24, 2.45) is 0 Å². The monoisotopic (exact) mass is 200 g/mol. The van der Waals surface area contributed by atoms with Gasteiger partial charge in [-0.1, -0.05) is 37.4 Å². The van der Waals surface area contributed by atoms with Crippen molar-refractivity contribution in [3.63, 3.8) is 0 Å². The van der Waals surface area contributed by atoms with E-state index in [1.807, 2.05) is 43.3 Å². The molecule has 1 rings (SSSR count). The van der Waals surface area contributed by atoms with Crippen molar-refractivity contribution >= 4 is 5.57 Å². The lowest BCUT2D eigenvalue weighted by atomic mass is 10.0. The van der Waals surface area contributed by atoms with Gasteiger partial charge in [0, 0.05) is 0 Å². The van der Waals surface area contributed by atoms with Crippen LogP contribution in [-0.4, -0.2) is 7.11 Å². The Hall–Kier alpha value is -1.76. The maximum Gasteiger partial charge on any atom is 0.119 e. The van der Waals surface area contributed by atoms with Crippen LogP contribution in [0.2, 0.25) is 0 Å². The first-order valence-corrected chi connectivity index (χ1v) is 4.83. The second kappa shape index (κ2) is 5.20. The number of hydrogen-bond acceptors (Lipinski definition) is 1. The summed E-state index contributed by atoms with van der Waals surface area (Å²) in [6.45, 7) is 9.59. The zero-order valence-corrected chi connectivity index (χ0v) is 9.29. The van der Waals surface area contributed by atoms with Gasteiger partial charge in [-0.25, -0.2) is 0 Å². The molecule has 1 heteroatoms. The fourth-order valence-electron chi connectivity index (χ4n) is 1.41. The van der Waals surface area contributed by atoms with Crippen LogP contribution in [0.5, 0.6) is 5.75 Å². The second-order valence-electron chi connectivity index (χ2n) is 3.24. The molecule has 78 valence electrons. The summed E-state index contributed by atoms with van der Waals surface area (Å²) in [5.41, 5.74) is 3.30. The van der Waals surface area contributed by atoms with Gasteiger partial charge in [0.2, 0.25) is 0 Å². The molecule has 0 atom stereocenters. The van der Waals surface area contributed by atoms with Gasteiger partial charge >= 0.3 is 0 Å². The summed E-state index contributed by atoms with van der Waals surface area (Å²) in [6, 6.07) is 7.91. The molecule has 0 aliphatic carbocycles. The number of methoxy groups -OCH3 is 1. The zero-order valence-electron chi connectivity index (χ0n) is 9.29. The van der Waals surface area contributed by atoms with Gasteiger partial charge in [0.15, 0.2) is 0 Å². The summed E-state index contributed by atoms with van der Waals surface area (Å²) < 4.78 is 5.18. The molecule has 0 saturated heterocycles. The molecule has 0 bridgehead atoms. The molecular formula is C14H16O. The van der Waals surface area contributed by atoms with Crippen LogP contribution in [0.1, 0.15) is 12.5 Å². The van der Waals surface area contributed by atoms with E-state index in [0.29, 0.717) is 0 Å². The van der Waals surface area contributed by atoms with Gasteiger partial charge in [0.25, 0.3) is 0 Å². The molecule has 0 aromatic heterocycles. The van der Waals surface area contributed by atoms with Gasteiger partial charge in [-0.15, -0.1) is 0 Å². The van der Waals surface area contributed by atoms with Crippen LogP contribution >= 0.6 is 0 Å². The van der Waals surface area contributed by atoms with Crippen molar-refractivity contribution in [3.8, 4) is 5.75 Å². The Kier molecular flexibility index (Phi) is 3.92. The third-order valence-corrected chi connectivity index (χ3v) is 2.32. The van der Waals surface area contributed by atoms with Gasteiger partial charge < -0.3 is 4.74 Å². The summed E-state index contributed by atoms with van der Waals surface area (Å²) in [5, 5.41) is 0. The Bertz CT molecular complexity index is 400. The normalized spacial score (nSPS) is 11.6. The first kappa shape index (κ1) is 11.3. The molecule has 1 aromatic rings. The smallest absolute Gasteiger partial charge is 0.119 e. The summed E-state index contributed by atoms with van der Waals surface area (Å²) >= 11 is 0. The highest BCUT2D eigenvalue weighted by atomic mass is 16.5. The standard InChI is InChI=1S/C14H16O/c1-5-11(3)14(6-2)12-8-7-9-13(10-12)15-4/h5-10H,1-2H2,3-4H3/b14-11+. The number of allylic oxidation sites excluding steroid dienone is 4. The SMILES string of the molecule is C=C/C(C)=C(\C=C)c1cccc(OC)c1. The van der Waals surface area contributed by atoms with E-state index in [1.165, 1.54) is 0 Å². The Balaban J connectivity index is 3.24. The third kappa shape index (κ3) is 2.59. The van der Waals surface area contributed by atoms with Crippen molar-refractivity contribution in [1.82, 2.24) is 0 Å². The van der Waals surface area contributed by atoms with E-state index >= 15 is 0 Å². The third-order valence-electron chi connectivity index (χ3n) is 2.32. The highest BCUT2D eigenvalue weighted by molar-refractivity contribution is 5.78. The van der Waals surface area contributed by atoms with Crippen LogP contribution < -0.4 is 4.74 Å². The fourth-order valence-corrected chi connectivity index (χ4v) is 1.41. The summed E-state index contributed by atoms with van der Waals surface area (Å²) in [7, 11) is 1.66. The predicted octanol–water partition coefficient (Wildman–Crippen LogP) is 3.84. The summed E-state index contributed by atoms with van der Waals surface area (Å²) in [6.07, 6.45) is 3.67. The molecule has 0 fully saturated rings. The maximum atomic E-state index is 5.18. The molecule has 0 amide bonds. The minimum Gasteiger partial charge on any atom is -0.497 e. The van der Waals surface area contributed by atoms with Gasteiger partial charge in [-0.3, -0.25) is 0 Å². The van der Waals surface area contributed by atoms with E-state index in [2.05, 4.69) is 13.2 Å². The van der Waals surface area contributed by atoms with Crippen molar-refractivity contribution in [3.05, 3.63) is 60.7 Å². The number of benzene rings is 1. The van der Waals surface area contributed by atoms with E-state index < -0.39 is 0 Å². The molecule has 0 aliphatic rings. The van der Waals surface area contributed by atoms with Gasteiger partial charge in [-0.2, -0.15) is 0 Å². The average Bonchev–Trinajstić information content (AvgIpc) is 2.30. The maximum absolute atomic E-state index is 5.18. The van der Waals surface area contributed by atoms with Gasteiger partial charge in [-0.05, 0) is 35.8 Å². The lowest BCUT2D eigenvalue weighted by molar-refractivity contribution is 0.414. The van der Waals surface area contributed by atoms with E-state index in [9.17, 15) is 0 Å². The van der Waals surface area contributed by atoms with Crippen LogP contribution in [0.4, 0.5) is 0 Å². The van der Waals surface area contributed by atoms with E-state index in [1.54, 1.807) is 7.11 Å². The number of ether oxygens (including phenoxy) is 1. The molecule has 1 aromatic carbocycles. The molecule has 0 saturated carbocycles. The zero-order chi connectivity index (χ0) is 11.3. The van der Waals surface area contributed by atoms with E-state index in [4.69, 9.17) is 4.74 Å². The number of hydrogen-bond donors (Lipinski definition) is 0. The molecule has 0 N–H and O–H groups in total. The van der Waals surface area contributed by atoms with Crippen molar-refractivity contribution in [1.29, 1.82) is 0 Å². The average molecular weight is 200 g/mol. The van der Waals surface area contributed by atoms with Crippen molar-refractivity contribution in [2.45, 2.75) is 6.92 Å². The topological polar surface area (TPSA) is 9.23 Å². The molecule has 0 spiro atoms. The molecule has 0 radical (unpaired) electrons. The minimum absolute atomic E-state index is 0.851. The van der Waals surface area contributed by atoms with E-state index in [-0.39, 0.29) is 0 Å². The number of rotatable bonds is 4. The first-order valence-electron chi connectivity index (χ1n) is 4.83. The van der Waals surface area contributed by atoms with Crippen LogP contribution in [0, 0.1) is 0 Å². The minimum atomic E-state index is 0.851. The molecule has 15 heavy (non-hydrogen) atoms. The molecule has 0 unspecified atom stereocenters. The van der Waals surface area contributed by atoms with Crippen molar-refractivity contribution in [2.75, 3.05) is 7.11 Å². The van der Waals surface area contributed by atoms with Crippen LogP contribution in [0.3, 0.4) is 0 Å². The van der Waals surface area contributed by atoms with Crippen molar-refractivity contribution < 1.29 is 4.74 Å². The molecule has 1 nitrogen and oxygen atoms in total. The summed E-state index contributed by atoms with van der Waals surface area (Å²) in [4.78, 5) is 0. The second-order valence-corrected chi connectivity index (χ2v) is 3.24. The Morgan fingerprint density at radius 3 is 2.53 bits per heavy atom. The largest absolute Gasteiger partial charge is 0.497 e.